The summed E-state index contributed by atoms with van der Waals surface area (Å²) in [6.07, 6.45) is 0. The molecule has 3 rings (SSSR count). The summed E-state index contributed by atoms with van der Waals surface area (Å²) in [5, 5.41) is 12.3. The van der Waals surface area contributed by atoms with E-state index in [1.807, 2.05) is 41.9 Å². The number of aryl methyl sites for hydroxylation is 1. The standard InChI is InChI=1S/C22H26N4OS/c1-15-10-12-16(13-11-15)20-24-25-21(26(20)5)28-14-19(27)23-18-9-7-6-8-17(18)22(2,3)4/h6-13H,14H2,1-5H3,(H,23,27). The fraction of sp³-hybridized carbons (Fsp3) is 0.318. The second kappa shape index (κ2) is 8.19. The van der Waals surface area contributed by atoms with Crippen LogP contribution < -0.4 is 5.32 Å². The predicted octanol–water partition coefficient (Wildman–Crippen LogP) is 4.82. The fourth-order valence-electron chi connectivity index (χ4n) is 2.96. The molecule has 0 aliphatic rings. The van der Waals surface area contributed by atoms with Gasteiger partial charge in [0.2, 0.25) is 5.91 Å². The minimum atomic E-state index is -0.0541. The summed E-state index contributed by atoms with van der Waals surface area (Å²) in [7, 11) is 1.92. The third-order valence-corrected chi connectivity index (χ3v) is 5.51. The molecule has 28 heavy (non-hydrogen) atoms. The molecule has 0 saturated carbocycles. The average molecular weight is 395 g/mol. The van der Waals surface area contributed by atoms with E-state index in [0.29, 0.717) is 0 Å². The van der Waals surface area contributed by atoms with Crippen LogP contribution in [0.15, 0.2) is 53.7 Å². The largest absolute Gasteiger partial charge is 0.325 e. The van der Waals surface area contributed by atoms with Crippen LogP contribution in [0.4, 0.5) is 5.69 Å². The van der Waals surface area contributed by atoms with Crippen LogP contribution in [0.25, 0.3) is 11.4 Å². The molecule has 0 radical (unpaired) electrons. The van der Waals surface area contributed by atoms with Gasteiger partial charge in [0.25, 0.3) is 0 Å². The molecule has 0 unspecified atom stereocenters. The number of rotatable bonds is 5. The maximum Gasteiger partial charge on any atom is 0.234 e. The number of nitrogens with zero attached hydrogens (tertiary/aromatic N) is 3. The Balaban J connectivity index is 1.67. The maximum atomic E-state index is 12.5. The van der Waals surface area contributed by atoms with E-state index in [4.69, 9.17) is 0 Å². The van der Waals surface area contributed by atoms with Crippen LogP contribution in [0.5, 0.6) is 0 Å². The molecule has 0 aliphatic heterocycles. The van der Waals surface area contributed by atoms with Crippen LogP contribution in [0.1, 0.15) is 31.9 Å². The van der Waals surface area contributed by atoms with Gasteiger partial charge in [0.1, 0.15) is 0 Å². The molecule has 2 aromatic carbocycles. The van der Waals surface area contributed by atoms with Gasteiger partial charge in [-0.2, -0.15) is 0 Å². The molecule has 1 aromatic heterocycles. The predicted molar refractivity (Wildman–Crippen MR) is 116 cm³/mol. The quantitative estimate of drug-likeness (QED) is 0.630. The van der Waals surface area contributed by atoms with Crippen molar-refractivity contribution in [3.63, 3.8) is 0 Å². The first-order valence-corrected chi connectivity index (χ1v) is 10.2. The minimum absolute atomic E-state index is 0.0381. The summed E-state index contributed by atoms with van der Waals surface area (Å²) in [6.45, 7) is 8.47. The first-order chi connectivity index (χ1) is 13.3. The number of para-hydroxylation sites is 1. The summed E-state index contributed by atoms with van der Waals surface area (Å²) >= 11 is 1.38. The van der Waals surface area contributed by atoms with Crippen molar-refractivity contribution in [1.29, 1.82) is 0 Å². The maximum absolute atomic E-state index is 12.5. The number of benzene rings is 2. The van der Waals surface area contributed by atoms with Crippen LogP contribution in [0.2, 0.25) is 0 Å². The highest BCUT2D eigenvalue weighted by atomic mass is 32.2. The van der Waals surface area contributed by atoms with Gasteiger partial charge >= 0.3 is 0 Å². The lowest BCUT2D eigenvalue weighted by Gasteiger charge is -2.22. The van der Waals surface area contributed by atoms with Crippen LogP contribution in [-0.2, 0) is 17.3 Å². The van der Waals surface area contributed by atoms with Gasteiger partial charge in [0, 0.05) is 18.3 Å². The number of carbonyl (C=O) groups is 1. The zero-order chi connectivity index (χ0) is 20.3. The molecule has 0 atom stereocenters. The Morgan fingerprint density at radius 2 is 1.75 bits per heavy atom. The van der Waals surface area contributed by atoms with Crippen molar-refractivity contribution in [2.45, 2.75) is 38.3 Å². The molecule has 1 amide bonds. The second-order valence-electron chi connectivity index (χ2n) is 7.86. The third-order valence-electron chi connectivity index (χ3n) is 4.49. The molecule has 0 bridgehead atoms. The van der Waals surface area contributed by atoms with Gasteiger partial charge in [0.15, 0.2) is 11.0 Å². The van der Waals surface area contributed by atoms with Crippen molar-refractivity contribution < 1.29 is 4.79 Å². The van der Waals surface area contributed by atoms with E-state index in [0.717, 1.165) is 27.8 Å². The van der Waals surface area contributed by atoms with Gasteiger partial charge in [-0.15, -0.1) is 10.2 Å². The summed E-state index contributed by atoms with van der Waals surface area (Å²) < 4.78 is 1.92. The Kier molecular flexibility index (Phi) is 5.89. The molecular formula is C22H26N4OS. The molecular weight excluding hydrogens is 368 g/mol. The normalized spacial score (nSPS) is 11.5. The zero-order valence-electron chi connectivity index (χ0n) is 17.0. The SMILES string of the molecule is Cc1ccc(-c2nnc(SCC(=O)Nc3ccccc3C(C)(C)C)n2C)cc1. The summed E-state index contributed by atoms with van der Waals surface area (Å²) in [5.74, 6) is 1.01. The second-order valence-corrected chi connectivity index (χ2v) is 8.81. The number of nitrogens with one attached hydrogen (secondary N) is 1. The molecule has 0 saturated heterocycles. The highest BCUT2D eigenvalue weighted by molar-refractivity contribution is 7.99. The molecule has 146 valence electrons. The van der Waals surface area contributed by atoms with Crippen molar-refractivity contribution in [2.75, 3.05) is 11.1 Å². The molecule has 5 nitrogen and oxygen atoms in total. The lowest BCUT2D eigenvalue weighted by Crippen LogP contribution is -2.20. The molecule has 0 aliphatic carbocycles. The lowest BCUT2D eigenvalue weighted by molar-refractivity contribution is -0.113. The number of carbonyl (C=O) groups excluding carboxylic acids is 1. The Bertz CT molecular complexity index is 971. The van der Waals surface area contributed by atoms with Gasteiger partial charge in [-0.25, -0.2) is 0 Å². The molecule has 6 heteroatoms. The third kappa shape index (κ3) is 4.62. The molecule has 0 spiro atoms. The van der Waals surface area contributed by atoms with Crippen molar-refractivity contribution in [3.05, 3.63) is 59.7 Å². The number of hydrogen-bond donors (Lipinski definition) is 1. The zero-order valence-corrected chi connectivity index (χ0v) is 17.8. The number of aromatic nitrogens is 3. The van der Waals surface area contributed by atoms with Crippen LogP contribution in [0.3, 0.4) is 0 Å². The first-order valence-electron chi connectivity index (χ1n) is 9.24. The van der Waals surface area contributed by atoms with E-state index in [-0.39, 0.29) is 17.1 Å². The van der Waals surface area contributed by atoms with E-state index in [9.17, 15) is 4.79 Å². The highest BCUT2D eigenvalue weighted by Crippen LogP contribution is 2.29. The highest BCUT2D eigenvalue weighted by Gasteiger charge is 2.19. The van der Waals surface area contributed by atoms with Crippen molar-refractivity contribution in [1.82, 2.24) is 14.8 Å². The van der Waals surface area contributed by atoms with Gasteiger partial charge in [-0.05, 0) is 24.0 Å². The van der Waals surface area contributed by atoms with Crippen molar-refractivity contribution in [2.24, 2.45) is 7.05 Å². The van der Waals surface area contributed by atoms with E-state index in [2.05, 4.69) is 61.4 Å². The van der Waals surface area contributed by atoms with E-state index in [1.54, 1.807) is 0 Å². The van der Waals surface area contributed by atoms with Crippen molar-refractivity contribution in [3.8, 4) is 11.4 Å². The smallest absolute Gasteiger partial charge is 0.234 e. The van der Waals surface area contributed by atoms with E-state index < -0.39 is 0 Å². The van der Waals surface area contributed by atoms with Crippen molar-refractivity contribution >= 4 is 23.4 Å². The molecule has 1 heterocycles. The minimum Gasteiger partial charge on any atom is -0.325 e. The number of hydrogen-bond acceptors (Lipinski definition) is 4. The fourth-order valence-corrected chi connectivity index (χ4v) is 3.67. The number of thioether (sulfide) groups is 1. The van der Waals surface area contributed by atoms with Gasteiger partial charge < -0.3 is 9.88 Å². The Morgan fingerprint density at radius 1 is 1.07 bits per heavy atom. The Morgan fingerprint density at radius 3 is 2.43 bits per heavy atom. The van der Waals surface area contributed by atoms with E-state index >= 15 is 0 Å². The summed E-state index contributed by atoms with van der Waals surface area (Å²) in [6, 6.07) is 16.1. The van der Waals surface area contributed by atoms with Crippen LogP contribution >= 0.6 is 11.8 Å². The number of anilines is 1. The topological polar surface area (TPSA) is 59.8 Å². The average Bonchev–Trinajstić information content (AvgIpc) is 3.01. The van der Waals surface area contributed by atoms with Crippen LogP contribution in [0, 0.1) is 6.92 Å². The first kappa shape index (κ1) is 20.1. The van der Waals surface area contributed by atoms with Gasteiger partial charge in [-0.3, -0.25) is 4.79 Å². The number of amides is 1. The monoisotopic (exact) mass is 394 g/mol. The van der Waals surface area contributed by atoms with Gasteiger partial charge in [-0.1, -0.05) is 80.6 Å². The Hall–Kier alpha value is -2.60. The van der Waals surface area contributed by atoms with Crippen LogP contribution in [-0.4, -0.2) is 26.4 Å². The van der Waals surface area contributed by atoms with Gasteiger partial charge in [0.05, 0.1) is 5.75 Å². The van der Waals surface area contributed by atoms with E-state index in [1.165, 1.54) is 17.3 Å². The lowest BCUT2D eigenvalue weighted by atomic mass is 9.86. The Labute approximate surface area is 170 Å². The summed E-state index contributed by atoms with van der Waals surface area (Å²) in [4.78, 5) is 12.5. The molecule has 3 aromatic rings. The summed E-state index contributed by atoms with van der Waals surface area (Å²) in [5.41, 5.74) is 4.15. The molecule has 0 fully saturated rings. The molecule has 1 N–H and O–H groups in total.